The number of benzene rings is 1. The molecule has 0 aliphatic carbocycles. The Morgan fingerprint density at radius 1 is 1.38 bits per heavy atom. The zero-order valence-electron chi connectivity index (χ0n) is 13.1. The Morgan fingerprint density at radius 3 is 2.71 bits per heavy atom. The van der Waals surface area contributed by atoms with E-state index in [9.17, 15) is 19.7 Å². The van der Waals surface area contributed by atoms with Gasteiger partial charge in [0.25, 0.3) is 11.6 Å². The molecule has 1 N–H and O–H groups in total. The number of esters is 1. The SMILES string of the molecule is Cc1cc(C(=O)OCC(=O)N[C@@H](C)c2cccs2)ccc1[N+](=O)[O-]. The fraction of sp³-hybridized carbons (Fsp3) is 0.250. The molecule has 2 rings (SSSR count). The molecular formula is C16H16N2O5S. The summed E-state index contributed by atoms with van der Waals surface area (Å²) in [7, 11) is 0. The number of nitrogens with one attached hydrogen (secondary N) is 1. The maximum atomic E-state index is 11.9. The number of thiophene rings is 1. The maximum Gasteiger partial charge on any atom is 0.338 e. The van der Waals surface area contributed by atoms with Crippen molar-refractivity contribution in [2.75, 3.05) is 6.61 Å². The number of hydrogen-bond donors (Lipinski definition) is 1. The van der Waals surface area contributed by atoms with Crippen molar-refractivity contribution >= 4 is 28.9 Å². The third kappa shape index (κ3) is 4.39. The summed E-state index contributed by atoms with van der Waals surface area (Å²) in [6, 6.07) is 7.54. The minimum atomic E-state index is -0.702. The van der Waals surface area contributed by atoms with Crippen molar-refractivity contribution < 1.29 is 19.2 Å². The standard InChI is InChI=1S/C16H16N2O5S/c1-10-8-12(5-6-13(10)18(21)22)16(20)23-9-15(19)17-11(2)14-4-3-7-24-14/h3-8,11H,9H2,1-2H3,(H,17,19)/t11-/m0/s1. The Labute approximate surface area is 142 Å². The van der Waals surface area contributed by atoms with Crippen molar-refractivity contribution in [1.82, 2.24) is 5.32 Å². The molecule has 1 amide bonds. The highest BCUT2D eigenvalue weighted by molar-refractivity contribution is 7.10. The minimum absolute atomic E-state index is 0.0749. The highest BCUT2D eigenvalue weighted by Crippen LogP contribution is 2.19. The molecule has 0 fully saturated rings. The van der Waals surface area contributed by atoms with E-state index >= 15 is 0 Å². The van der Waals surface area contributed by atoms with Crippen LogP contribution >= 0.6 is 11.3 Å². The highest BCUT2D eigenvalue weighted by Gasteiger charge is 2.16. The van der Waals surface area contributed by atoms with Crippen molar-refractivity contribution in [3.63, 3.8) is 0 Å². The van der Waals surface area contributed by atoms with E-state index < -0.39 is 23.4 Å². The number of amides is 1. The molecular weight excluding hydrogens is 332 g/mol. The first-order valence-corrected chi connectivity index (χ1v) is 8.01. The van der Waals surface area contributed by atoms with E-state index in [0.717, 1.165) is 4.88 Å². The fourth-order valence-corrected chi connectivity index (χ4v) is 2.83. The first-order valence-electron chi connectivity index (χ1n) is 7.13. The Hall–Kier alpha value is -2.74. The van der Waals surface area contributed by atoms with E-state index in [0.29, 0.717) is 5.56 Å². The summed E-state index contributed by atoms with van der Waals surface area (Å²) in [5, 5.41) is 15.4. The molecule has 0 aliphatic rings. The lowest BCUT2D eigenvalue weighted by Gasteiger charge is -2.12. The Morgan fingerprint density at radius 2 is 2.12 bits per heavy atom. The molecule has 0 bridgehead atoms. The third-order valence-electron chi connectivity index (χ3n) is 3.31. The van der Waals surface area contributed by atoms with Gasteiger partial charge in [-0.3, -0.25) is 14.9 Å². The molecule has 0 spiro atoms. The topological polar surface area (TPSA) is 98.5 Å². The summed E-state index contributed by atoms with van der Waals surface area (Å²) >= 11 is 1.52. The van der Waals surface area contributed by atoms with Crippen LogP contribution in [0.2, 0.25) is 0 Å². The van der Waals surface area contributed by atoms with Crippen molar-refractivity contribution in [2.45, 2.75) is 19.9 Å². The van der Waals surface area contributed by atoms with Gasteiger partial charge in [0, 0.05) is 16.5 Å². The number of nitrogens with zero attached hydrogens (tertiary/aromatic N) is 1. The molecule has 1 heterocycles. The van der Waals surface area contributed by atoms with Gasteiger partial charge in [0.1, 0.15) is 0 Å². The largest absolute Gasteiger partial charge is 0.452 e. The number of carbonyl (C=O) groups excluding carboxylic acids is 2. The average Bonchev–Trinajstić information content (AvgIpc) is 3.06. The zero-order chi connectivity index (χ0) is 17.7. The van der Waals surface area contributed by atoms with Gasteiger partial charge in [-0.25, -0.2) is 4.79 Å². The van der Waals surface area contributed by atoms with Gasteiger partial charge in [-0.2, -0.15) is 0 Å². The first kappa shape index (κ1) is 17.6. The quantitative estimate of drug-likeness (QED) is 0.491. The molecule has 0 unspecified atom stereocenters. The lowest BCUT2D eigenvalue weighted by molar-refractivity contribution is -0.385. The summed E-state index contributed by atoms with van der Waals surface area (Å²) in [5.74, 6) is -1.12. The summed E-state index contributed by atoms with van der Waals surface area (Å²) in [6.45, 7) is 2.96. The van der Waals surface area contributed by atoms with Gasteiger partial charge < -0.3 is 10.1 Å². The average molecular weight is 348 g/mol. The number of ether oxygens (including phenoxy) is 1. The zero-order valence-corrected chi connectivity index (χ0v) is 14.0. The van der Waals surface area contributed by atoms with Crippen molar-refractivity contribution in [3.8, 4) is 0 Å². The third-order valence-corrected chi connectivity index (χ3v) is 4.37. The highest BCUT2D eigenvalue weighted by atomic mass is 32.1. The molecule has 126 valence electrons. The van der Waals surface area contributed by atoms with E-state index in [-0.39, 0.29) is 17.3 Å². The number of rotatable bonds is 6. The van der Waals surface area contributed by atoms with E-state index in [4.69, 9.17) is 4.74 Å². The number of nitro benzene ring substituents is 1. The van der Waals surface area contributed by atoms with E-state index in [2.05, 4.69) is 5.32 Å². The molecule has 0 aliphatic heterocycles. The van der Waals surface area contributed by atoms with Crippen LogP contribution in [0.5, 0.6) is 0 Å². The van der Waals surface area contributed by atoms with Gasteiger partial charge >= 0.3 is 5.97 Å². The van der Waals surface area contributed by atoms with E-state index in [1.165, 1.54) is 36.5 Å². The van der Waals surface area contributed by atoms with Crippen LogP contribution < -0.4 is 5.32 Å². The Kier molecular flexibility index (Phi) is 5.64. The molecule has 0 radical (unpaired) electrons. The van der Waals surface area contributed by atoms with Crippen LogP contribution in [-0.4, -0.2) is 23.4 Å². The normalized spacial score (nSPS) is 11.6. The number of aryl methyl sites for hydroxylation is 1. The molecule has 0 saturated carbocycles. The molecule has 8 heteroatoms. The van der Waals surface area contributed by atoms with Crippen LogP contribution in [0, 0.1) is 17.0 Å². The van der Waals surface area contributed by atoms with Crippen LogP contribution in [0.3, 0.4) is 0 Å². The fourth-order valence-electron chi connectivity index (χ4n) is 2.09. The molecule has 1 atom stereocenters. The van der Waals surface area contributed by atoms with Crippen LogP contribution in [0.4, 0.5) is 5.69 Å². The smallest absolute Gasteiger partial charge is 0.338 e. The Balaban J connectivity index is 1.89. The second kappa shape index (κ2) is 7.69. The minimum Gasteiger partial charge on any atom is -0.452 e. The summed E-state index contributed by atoms with van der Waals surface area (Å²) in [5.41, 5.74) is 0.441. The predicted octanol–water partition coefficient (Wildman–Crippen LogP) is 3.00. The first-order chi connectivity index (χ1) is 11.4. The van der Waals surface area contributed by atoms with Crippen LogP contribution in [-0.2, 0) is 9.53 Å². The second-order valence-electron chi connectivity index (χ2n) is 5.14. The van der Waals surface area contributed by atoms with Gasteiger partial charge in [-0.1, -0.05) is 6.07 Å². The van der Waals surface area contributed by atoms with Crippen molar-refractivity contribution in [1.29, 1.82) is 0 Å². The van der Waals surface area contributed by atoms with E-state index in [1.54, 1.807) is 0 Å². The summed E-state index contributed by atoms with van der Waals surface area (Å²) in [4.78, 5) is 35.0. The number of hydrogen-bond acceptors (Lipinski definition) is 6. The second-order valence-corrected chi connectivity index (χ2v) is 6.12. The lowest BCUT2D eigenvalue weighted by atomic mass is 10.1. The van der Waals surface area contributed by atoms with Gasteiger partial charge in [0.2, 0.25) is 0 Å². The molecule has 0 saturated heterocycles. The maximum absolute atomic E-state index is 11.9. The summed E-state index contributed by atoms with van der Waals surface area (Å²) in [6.07, 6.45) is 0. The summed E-state index contributed by atoms with van der Waals surface area (Å²) < 4.78 is 4.95. The number of carbonyl (C=O) groups is 2. The van der Waals surface area contributed by atoms with Gasteiger partial charge in [0.05, 0.1) is 16.5 Å². The van der Waals surface area contributed by atoms with Crippen LogP contribution in [0.1, 0.15) is 33.8 Å². The van der Waals surface area contributed by atoms with Crippen LogP contribution in [0.15, 0.2) is 35.7 Å². The monoisotopic (exact) mass is 348 g/mol. The molecule has 1 aromatic heterocycles. The van der Waals surface area contributed by atoms with Crippen LogP contribution in [0.25, 0.3) is 0 Å². The molecule has 1 aromatic carbocycles. The lowest BCUT2D eigenvalue weighted by Crippen LogP contribution is -2.30. The molecule has 7 nitrogen and oxygen atoms in total. The van der Waals surface area contributed by atoms with Gasteiger partial charge in [-0.15, -0.1) is 11.3 Å². The molecule has 2 aromatic rings. The molecule has 24 heavy (non-hydrogen) atoms. The predicted molar refractivity (Wildman–Crippen MR) is 89.0 cm³/mol. The van der Waals surface area contributed by atoms with Gasteiger partial charge in [-0.05, 0) is 37.4 Å². The number of nitro groups is 1. The van der Waals surface area contributed by atoms with E-state index in [1.807, 2.05) is 24.4 Å². The van der Waals surface area contributed by atoms with Crippen molar-refractivity contribution in [3.05, 3.63) is 61.8 Å². The Bertz CT molecular complexity index is 758. The van der Waals surface area contributed by atoms with Gasteiger partial charge in [0.15, 0.2) is 6.61 Å². The van der Waals surface area contributed by atoms with Crippen molar-refractivity contribution in [2.24, 2.45) is 0 Å².